The maximum atomic E-state index is 13.5. The number of urea groups is 1. The number of hydrogen-bond acceptors (Lipinski definition) is 2. The number of halogens is 3. The van der Waals surface area contributed by atoms with E-state index in [9.17, 15) is 18.4 Å². The molecule has 0 radical (unpaired) electrons. The van der Waals surface area contributed by atoms with Crippen LogP contribution in [-0.4, -0.2) is 35.1 Å². The molecular weight excluding hydrogens is 338 g/mol. The topological polar surface area (TPSA) is 69.6 Å². The summed E-state index contributed by atoms with van der Waals surface area (Å²) in [7, 11) is 0. The summed E-state index contributed by atoms with van der Waals surface area (Å²) in [5.41, 5.74) is -0.379. The molecule has 1 aromatic rings. The van der Waals surface area contributed by atoms with Crippen molar-refractivity contribution in [1.29, 1.82) is 0 Å². The second kappa shape index (κ2) is 6.99. The van der Waals surface area contributed by atoms with E-state index in [-0.39, 0.29) is 16.7 Å². The number of carboxylic acids is 1. The Morgan fingerprint density at radius 2 is 2.05 bits per heavy atom. The smallest absolute Gasteiger partial charge is 0.323 e. The molecule has 0 aliphatic rings. The third-order valence-electron chi connectivity index (χ3n) is 2.21. The zero-order chi connectivity index (χ0) is 15.3. The van der Waals surface area contributed by atoms with Crippen LogP contribution in [0.5, 0.6) is 0 Å². The van der Waals surface area contributed by atoms with Gasteiger partial charge in [0.1, 0.15) is 18.2 Å². The van der Waals surface area contributed by atoms with E-state index >= 15 is 0 Å². The van der Waals surface area contributed by atoms with Crippen molar-refractivity contribution in [3.05, 3.63) is 40.9 Å². The molecule has 108 valence electrons. The van der Waals surface area contributed by atoms with Crippen molar-refractivity contribution >= 4 is 33.6 Å². The lowest BCUT2D eigenvalue weighted by molar-refractivity contribution is -0.137. The van der Waals surface area contributed by atoms with E-state index in [1.807, 2.05) is 0 Å². The lowest BCUT2D eigenvalue weighted by Gasteiger charge is -2.19. The molecule has 5 nitrogen and oxygen atoms in total. The van der Waals surface area contributed by atoms with Crippen molar-refractivity contribution < 1.29 is 23.5 Å². The summed E-state index contributed by atoms with van der Waals surface area (Å²) < 4.78 is 26.7. The van der Waals surface area contributed by atoms with Gasteiger partial charge in [0.15, 0.2) is 0 Å². The van der Waals surface area contributed by atoms with Crippen LogP contribution in [0, 0.1) is 11.6 Å². The molecule has 0 fully saturated rings. The van der Waals surface area contributed by atoms with Crippen molar-refractivity contribution in [3.8, 4) is 0 Å². The SMILES string of the molecule is C=CCN(CC(=O)O)C(=O)Nc1cc(F)c(Br)cc1F. The highest BCUT2D eigenvalue weighted by atomic mass is 79.9. The largest absolute Gasteiger partial charge is 0.480 e. The number of hydrogen-bond donors (Lipinski definition) is 2. The van der Waals surface area contributed by atoms with Crippen molar-refractivity contribution in [2.75, 3.05) is 18.4 Å². The molecule has 0 aliphatic carbocycles. The molecule has 0 heterocycles. The summed E-state index contributed by atoms with van der Waals surface area (Å²) in [4.78, 5) is 23.3. The number of benzene rings is 1. The van der Waals surface area contributed by atoms with E-state index in [4.69, 9.17) is 5.11 Å². The zero-order valence-electron chi connectivity index (χ0n) is 10.2. The molecule has 2 N–H and O–H groups in total. The molecule has 1 aromatic carbocycles. The number of carbonyl (C=O) groups is 2. The van der Waals surface area contributed by atoms with E-state index < -0.39 is 30.2 Å². The van der Waals surface area contributed by atoms with Gasteiger partial charge in [0.05, 0.1) is 10.2 Å². The molecule has 0 saturated carbocycles. The summed E-state index contributed by atoms with van der Waals surface area (Å²) in [6.07, 6.45) is 1.32. The molecular formula is C12H11BrF2N2O3. The highest BCUT2D eigenvalue weighted by molar-refractivity contribution is 9.10. The van der Waals surface area contributed by atoms with Gasteiger partial charge in [-0.15, -0.1) is 6.58 Å². The first-order chi connectivity index (χ1) is 9.35. The van der Waals surface area contributed by atoms with Gasteiger partial charge < -0.3 is 15.3 Å². The van der Waals surface area contributed by atoms with Gasteiger partial charge in [-0.05, 0) is 22.0 Å². The van der Waals surface area contributed by atoms with Crippen molar-refractivity contribution in [2.24, 2.45) is 0 Å². The molecule has 0 aliphatic heterocycles. The highest BCUT2D eigenvalue weighted by Gasteiger charge is 2.18. The van der Waals surface area contributed by atoms with Crippen LogP contribution in [-0.2, 0) is 4.79 Å². The number of carboxylic acid groups (broad SMARTS) is 1. The number of nitrogens with zero attached hydrogens (tertiary/aromatic N) is 1. The van der Waals surface area contributed by atoms with E-state index in [1.54, 1.807) is 0 Å². The number of nitrogens with one attached hydrogen (secondary N) is 1. The Hall–Kier alpha value is -1.96. The quantitative estimate of drug-likeness (QED) is 0.635. The Labute approximate surface area is 122 Å². The van der Waals surface area contributed by atoms with Gasteiger partial charge in [-0.2, -0.15) is 0 Å². The first-order valence-corrected chi connectivity index (χ1v) is 6.17. The zero-order valence-corrected chi connectivity index (χ0v) is 11.8. The van der Waals surface area contributed by atoms with Crippen LogP contribution >= 0.6 is 15.9 Å². The van der Waals surface area contributed by atoms with Crippen molar-refractivity contribution in [3.63, 3.8) is 0 Å². The Kier molecular flexibility index (Phi) is 5.63. The standard InChI is InChI=1S/C12H11BrF2N2O3/c1-2-3-17(6-11(18)19)12(20)16-10-5-8(14)7(13)4-9(10)15/h2,4-5H,1,3,6H2,(H,16,20)(H,18,19). The fraction of sp³-hybridized carbons (Fsp3) is 0.167. The number of rotatable bonds is 5. The van der Waals surface area contributed by atoms with Crippen LogP contribution in [0.15, 0.2) is 29.3 Å². The van der Waals surface area contributed by atoms with Crippen molar-refractivity contribution in [1.82, 2.24) is 4.90 Å². The van der Waals surface area contributed by atoms with Crippen LogP contribution in [0.2, 0.25) is 0 Å². The third kappa shape index (κ3) is 4.30. The maximum absolute atomic E-state index is 13.5. The fourth-order valence-electron chi connectivity index (χ4n) is 1.35. The van der Waals surface area contributed by atoms with Crippen LogP contribution < -0.4 is 5.32 Å². The predicted molar refractivity (Wildman–Crippen MR) is 72.5 cm³/mol. The summed E-state index contributed by atoms with van der Waals surface area (Å²) in [6.45, 7) is 2.76. The Morgan fingerprint density at radius 3 is 2.60 bits per heavy atom. The maximum Gasteiger partial charge on any atom is 0.323 e. The lowest BCUT2D eigenvalue weighted by atomic mass is 10.3. The molecule has 2 amide bonds. The summed E-state index contributed by atoms with van der Waals surface area (Å²) in [6, 6.07) is 0.789. The average molecular weight is 349 g/mol. The molecule has 0 atom stereocenters. The van der Waals surface area contributed by atoms with Crippen LogP contribution in [0.3, 0.4) is 0 Å². The number of anilines is 1. The van der Waals surface area contributed by atoms with Gasteiger partial charge in [0.2, 0.25) is 0 Å². The summed E-state index contributed by atoms with van der Waals surface area (Å²) in [5.74, 6) is -2.83. The van der Waals surface area contributed by atoms with Gasteiger partial charge in [0, 0.05) is 12.6 Å². The van der Waals surface area contributed by atoms with Crippen molar-refractivity contribution in [2.45, 2.75) is 0 Å². The minimum Gasteiger partial charge on any atom is -0.480 e. The second-order valence-electron chi connectivity index (χ2n) is 3.74. The highest BCUT2D eigenvalue weighted by Crippen LogP contribution is 2.23. The summed E-state index contributed by atoms with van der Waals surface area (Å²) >= 11 is 2.80. The van der Waals surface area contributed by atoms with E-state index in [0.29, 0.717) is 0 Å². The molecule has 0 spiro atoms. The monoisotopic (exact) mass is 348 g/mol. The molecule has 8 heteroatoms. The summed E-state index contributed by atoms with van der Waals surface area (Å²) in [5, 5.41) is 10.8. The lowest BCUT2D eigenvalue weighted by Crippen LogP contribution is -2.39. The van der Waals surface area contributed by atoms with Gasteiger partial charge in [-0.25, -0.2) is 13.6 Å². The molecule has 1 rings (SSSR count). The minimum atomic E-state index is -1.23. The first kappa shape index (κ1) is 16.1. The van der Waals surface area contributed by atoms with Crippen LogP contribution in [0.25, 0.3) is 0 Å². The molecule has 0 unspecified atom stereocenters. The van der Waals surface area contributed by atoms with Crippen LogP contribution in [0.4, 0.5) is 19.3 Å². The fourth-order valence-corrected chi connectivity index (χ4v) is 1.67. The van der Waals surface area contributed by atoms with Gasteiger partial charge in [0.25, 0.3) is 0 Å². The Morgan fingerprint density at radius 1 is 1.40 bits per heavy atom. The van der Waals surface area contributed by atoms with Gasteiger partial charge in [-0.1, -0.05) is 6.08 Å². The van der Waals surface area contributed by atoms with Gasteiger partial charge in [-0.3, -0.25) is 4.79 Å². The van der Waals surface area contributed by atoms with Crippen LogP contribution in [0.1, 0.15) is 0 Å². The molecule has 0 aromatic heterocycles. The average Bonchev–Trinajstić information content (AvgIpc) is 2.34. The van der Waals surface area contributed by atoms with Gasteiger partial charge >= 0.3 is 12.0 Å². The predicted octanol–water partition coefficient (Wildman–Crippen LogP) is 2.83. The molecule has 0 bridgehead atoms. The second-order valence-corrected chi connectivity index (χ2v) is 4.59. The number of aliphatic carboxylic acids is 1. The first-order valence-electron chi connectivity index (χ1n) is 5.38. The molecule has 0 saturated heterocycles. The molecule has 20 heavy (non-hydrogen) atoms. The minimum absolute atomic E-state index is 0.0429. The number of carbonyl (C=O) groups excluding carboxylic acids is 1. The van der Waals surface area contributed by atoms with E-state index in [0.717, 1.165) is 17.0 Å². The third-order valence-corrected chi connectivity index (χ3v) is 2.82. The number of amides is 2. The van der Waals surface area contributed by atoms with E-state index in [2.05, 4.69) is 27.8 Å². The normalized spacial score (nSPS) is 9.95. The van der Waals surface area contributed by atoms with E-state index in [1.165, 1.54) is 6.08 Å². The Balaban J connectivity index is 2.90. The Bertz CT molecular complexity index is 552.